The number of thiazole rings is 1. The van der Waals surface area contributed by atoms with Gasteiger partial charge in [0.15, 0.2) is 0 Å². The van der Waals surface area contributed by atoms with E-state index in [2.05, 4.69) is 10.3 Å². The molecule has 0 fully saturated rings. The number of carbonyl (C=O) groups is 1. The summed E-state index contributed by atoms with van der Waals surface area (Å²) in [7, 11) is 0. The molecule has 1 aromatic heterocycles. The summed E-state index contributed by atoms with van der Waals surface area (Å²) >= 11 is 1.49. The Hall–Kier alpha value is -2.28. The van der Waals surface area contributed by atoms with Crippen molar-refractivity contribution >= 4 is 28.6 Å². The summed E-state index contributed by atoms with van der Waals surface area (Å²) in [5, 5.41) is 16.2. The topological polar surface area (TPSA) is 85.1 Å². The number of aryl methyl sites for hydroxylation is 2. The molecule has 0 aliphatic carbocycles. The van der Waals surface area contributed by atoms with Crippen LogP contribution in [-0.2, 0) is 11.2 Å². The fourth-order valence-electron chi connectivity index (χ4n) is 1.80. The standard InChI is InChI=1S/C13H13N3O3S/c1-8-5-10(3-4-12(8)16(18)19)15-13(17)6-11-7-20-9(2)14-11/h3-5,7H,6H2,1-2H3,(H,15,17). The number of nitrogens with zero attached hydrogens (tertiary/aromatic N) is 2. The third-order valence-electron chi connectivity index (χ3n) is 2.69. The van der Waals surface area contributed by atoms with Crippen LogP contribution in [0, 0.1) is 24.0 Å². The highest BCUT2D eigenvalue weighted by Crippen LogP contribution is 2.21. The van der Waals surface area contributed by atoms with Gasteiger partial charge in [-0.1, -0.05) is 0 Å². The minimum absolute atomic E-state index is 0.0399. The molecule has 1 N–H and O–H groups in total. The zero-order chi connectivity index (χ0) is 14.7. The first kappa shape index (κ1) is 14.1. The maximum atomic E-state index is 11.8. The van der Waals surface area contributed by atoms with Crippen LogP contribution in [0.4, 0.5) is 11.4 Å². The van der Waals surface area contributed by atoms with Crippen LogP contribution < -0.4 is 5.32 Å². The van der Waals surface area contributed by atoms with Crippen molar-refractivity contribution in [3.8, 4) is 0 Å². The summed E-state index contributed by atoms with van der Waals surface area (Å²) in [6, 6.07) is 4.50. The number of nitro groups is 1. The van der Waals surface area contributed by atoms with Crippen molar-refractivity contribution in [3.05, 3.63) is 50.0 Å². The van der Waals surface area contributed by atoms with Crippen LogP contribution in [0.1, 0.15) is 16.3 Å². The Morgan fingerprint density at radius 2 is 2.20 bits per heavy atom. The highest BCUT2D eigenvalue weighted by molar-refractivity contribution is 7.09. The van der Waals surface area contributed by atoms with Gasteiger partial charge in [-0.25, -0.2) is 4.98 Å². The molecule has 0 spiro atoms. The molecule has 0 radical (unpaired) electrons. The Balaban J connectivity index is 2.04. The number of benzene rings is 1. The Morgan fingerprint density at radius 1 is 1.45 bits per heavy atom. The van der Waals surface area contributed by atoms with Gasteiger partial charge >= 0.3 is 0 Å². The van der Waals surface area contributed by atoms with E-state index < -0.39 is 4.92 Å². The van der Waals surface area contributed by atoms with Crippen LogP contribution in [0.2, 0.25) is 0 Å². The fraction of sp³-hybridized carbons (Fsp3) is 0.231. The smallest absolute Gasteiger partial charge is 0.272 e. The lowest BCUT2D eigenvalue weighted by Crippen LogP contribution is -2.14. The van der Waals surface area contributed by atoms with Crippen molar-refractivity contribution in [2.75, 3.05) is 5.32 Å². The first-order valence-corrected chi connectivity index (χ1v) is 6.79. The quantitative estimate of drug-likeness (QED) is 0.693. The van der Waals surface area contributed by atoms with Crippen molar-refractivity contribution in [1.82, 2.24) is 4.98 Å². The van der Waals surface area contributed by atoms with Gasteiger partial charge in [-0.15, -0.1) is 11.3 Å². The first-order valence-electron chi connectivity index (χ1n) is 5.91. The van der Waals surface area contributed by atoms with Gasteiger partial charge in [-0.05, 0) is 26.0 Å². The monoisotopic (exact) mass is 291 g/mol. The van der Waals surface area contributed by atoms with Crippen molar-refractivity contribution in [2.24, 2.45) is 0 Å². The average molecular weight is 291 g/mol. The Labute approximate surface area is 119 Å². The molecule has 0 aliphatic heterocycles. The maximum Gasteiger partial charge on any atom is 0.272 e. The molecule has 2 rings (SSSR count). The molecule has 0 saturated heterocycles. The molecule has 104 valence electrons. The fourth-order valence-corrected chi connectivity index (χ4v) is 2.41. The van der Waals surface area contributed by atoms with Crippen LogP contribution in [0.15, 0.2) is 23.6 Å². The number of hydrogen-bond donors (Lipinski definition) is 1. The largest absolute Gasteiger partial charge is 0.326 e. The van der Waals surface area contributed by atoms with Gasteiger partial charge in [-0.2, -0.15) is 0 Å². The number of nitrogens with one attached hydrogen (secondary N) is 1. The number of aromatic nitrogens is 1. The zero-order valence-corrected chi connectivity index (χ0v) is 11.9. The van der Waals surface area contributed by atoms with Gasteiger partial charge in [0, 0.05) is 22.7 Å². The summed E-state index contributed by atoms with van der Waals surface area (Å²) in [4.78, 5) is 26.3. The SMILES string of the molecule is Cc1nc(CC(=O)Nc2ccc([N+](=O)[O-])c(C)c2)cs1. The van der Waals surface area contributed by atoms with E-state index >= 15 is 0 Å². The lowest BCUT2D eigenvalue weighted by molar-refractivity contribution is -0.385. The molecule has 0 saturated carbocycles. The van der Waals surface area contributed by atoms with E-state index in [0.717, 1.165) is 10.7 Å². The van der Waals surface area contributed by atoms with E-state index in [1.165, 1.54) is 23.5 Å². The summed E-state index contributed by atoms with van der Waals surface area (Å²) in [5.74, 6) is -0.191. The second-order valence-electron chi connectivity index (χ2n) is 4.34. The molecule has 1 aromatic carbocycles. The van der Waals surface area contributed by atoms with Gasteiger partial charge in [0.25, 0.3) is 5.69 Å². The van der Waals surface area contributed by atoms with Crippen LogP contribution in [-0.4, -0.2) is 15.8 Å². The van der Waals surface area contributed by atoms with E-state index in [1.807, 2.05) is 12.3 Å². The van der Waals surface area contributed by atoms with Crippen LogP contribution >= 0.6 is 11.3 Å². The second-order valence-corrected chi connectivity index (χ2v) is 5.40. The highest BCUT2D eigenvalue weighted by Gasteiger charge is 2.12. The van der Waals surface area contributed by atoms with Gasteiger partial charge in [0.1, 0.15) is 0 Å². The molecule has 1 amide bonds. The van der Waals surface area contributed by atoms with E-state index in [9.17, 15) is 14.9 Å². The van der Waals surface area contributed by atoms with Crippen molar-refractivity contribution in [3.63, 3.8) is 0 Å². The highest BCUT2D eigenvalue weighted by atomic mass is 32.1. The van der Waals surface area contributed by atoms with Crippen LogP contribution in [0.25, 0.3) is 0 Å². The van der Waals surface area contributed by atoms with Gasteiger partial charge < -0.3 is 5.32 Å². The number of hydrogen-bond acceptors (Lipinski definition) is 5. The molecule has 6 nitrogen and oxygen atoms in total. The molecule has 1 heterocycles. The van der Waals surface area contributed by atoms with E-state index in [-0.39, 0.29) is 18.0 Å². The van der Waals surface area contributed by atoms with Crippen molar-refractivity contribution in [2.45, 2.75) is 20.3 Å². The third kappa shape index (κ3) is 3.39. The number of nitro benzene ring substituents is 1. The van der Waals surface area contributed by atoms with E-state index in [0.29, 0.717) is 11.3 Å². The summed E-state index contributed by atoms with van der Waals surface area (Å²) in [6.45, 7) is 3.52. The average Bonchev–Trinajstić information content (AvgIpc) is 2.74. The van der Waals surface area contributed by atoms with Crippen molar-refractivity contribution in [1.29, 1.82) is 0 Å². The van der Waals surface area contributed by atoms with Gasteiger partial charge in [-0.3, -0.25) is 14.9 Å². The zero-order valence-electron chi connectivity index (χ0n) is 11.0. The maximum absolute atomic E-state index is 11.8. The molecule has 0 bridgehead atoms. The van der Waals surface area contributed by atoms with Gasteiger partial charge in [0.05, 0.1) is 22.0 Å². The molecule has 0 aliphatic rings. The minimum Gasteiger partial charge on any atom is -0.326 e. The first-order chi connectivity index (χ1) is 9.45. The summed E-state index contributed by atoms with van der Waals surface area (Å²) < 4.78 is 0. The molecular weight excluding hydrogens is 278 g/mol. The predicted octanol–water partition coefficient (Wildman–Crippen LogP) is 2.85. The molecule has 20 heavy (non-hydrogen) atoms. The molecule has 7 heteroatoms. The summed E-state index contributed by atoms with van der Waals surface area (Å²) in [5.41, 5.74) is 1.82. The molecule has 0 atom stereocenters. The van der Waals surface area contributed by atoms with E-state index in [1.54, 1.807) is 13.0 Å². The predicted molar refractivity (Wildman–Crippen MR) is 77.0 cm³/mol. The third-order valence-corrected chi connectivity index (χ3v) is 3.51. The number of carbonyl (C=O) groups excluding carboxylic acids is 1. The van der Waals surface area contributed by atoms with Crippen molar-refractivity contribution < 1.29 is 9.72 Å². The van der Waals surface area contributed by atoms with Crippen LogP contribution in [0.3, 0.4) is 0 Å². The Bertz CT molecular complexity index is 667. The minimum atomic E-state index is -0.445. The molecule has 0 unspecified atom stereocenters. The number of amides is 1. The number of rotatable bonds is 4. The normalized spacial score (nSPS) is 10.3. The van der Waals surface area contributed by atoms with Crippen LogP contribution in [0.5, 0.6) is 0 Å². The summed E-state index contributed by atoms with van der Waals surface area (Å²) in [6.07, 6.45) is 0.195. The number of anilines is 1. The Kier molecular flexibility index (Phi) is 4.09. The van der Waals surface area contributed by atoms with E-state index in [4.69, 9.17) is 0 Å². The Morgan fingerprint density at radius 3 is 2.75 bits per heavy atom. The second kappa shape index (κ2) is 5.79. The van der Waals surface area contributed by atoms with Gasteiger partial charge in [0.2, 0.25) is 5.91 Å². The molecule has 2 aromatic rings. The lowest BCUT2D eigenvalue weighted by atomic mass is 10.2. The molecular formula is C13H13N3O3S. The lowest BCUT2D eigenvalue weighted by Gasteiger charge is -2.05.